The fourth-order valence-corrected chi connectivity index (χ4v) is 2.78. The number of carbonyl (C=O) groups is 1. The third kappa shape index (κ3) is 4.90. The Morgan fingerprint density at radius 1 is 1.08 bits per heavy atom. The molecule has 0 atom stereocenters. The highest BCUT2D eigenvalue weighted by Crippen LogP contribution is 2.20. The van der Waals surface area contributed by atoms with Gasteiger partial charge in [0.2, 0.25) is 5.91 Å². The summed E-state index contributed by atoms with van der Waals surface area (Å²) in [6, 6.07) is 13.5. The number of carbonyl (C=O) groups excluding carboxylic acids is 1. The van der Waals surface area contributed by atoms with Crippen molar-refractivity contribution in [1.82, 2.24) is 0 Å². The first-order valence-corrected chi connectivity index (χ1v) is 8.56. The molecule has 0 heterocycles. The van der Waals surface area contributed by atoms with Crippen molar-refractivity contribution in [2.24, 2.45) is 0 Å². The molecule has 1 amide bonds. The number of aryl methyl sites for hydroxylation is 1. The summed E-state index contributed by atoms with van der Waals surface area (Å²) in [7, 11) is 0. The molecule has 0 fully saturated rings. The van der Waals surface area contributed by atoms with Gasteiger partial charge in [-0.25, -0.2) is 0 Å². The molecule has 24 heavy (non-hydrogen) atoms. The average Bonchev–Trinajstić information content (AvgIpc) is 2.56. The van der Waals surface area contributed by atoms with Crippen LogP contribution in [0, 0.1) is 6.92 Å². The number of anilines is 3. The number of halogens is 1. The second kappa shape index (κ2) is 8.60. The zero-order chi connectivity index (χ0) is 17.5. The van der Waals surface area contributed by atoms with Crippen molar-refractivity contribution < 1.29 is 4.79 Å². The predicted molar refractivity (Wildman–Crippen MR) is 103 cm³/mol. The number of nitrogens with zero attached hydrogens (tertiary/aromatic N) is 1. The molecule has 0 spiro atoms. The van der Waals surface area contributed by atoms with Crippen LogP contribution in [0.2, 0.25) is 5.02 Å². The topological polar surface area (TPSA) is 44.4 Å². The first kappa shape index (κ1) is 18.1. The fourth-order valence-electron chi connectivity index (χ4n) is 2.55. The van der Waals surface area contributed by atoms with E-state index in [9.17, 15) is 4.79 Å². The summed E-state index contributed by atoms with van der Waals surface area (Å²) in [4.78, 5) is 14.3. The molecule has 5 heteroatoms. The molecule has 0 aromatic heterocycles. The van der Waals surface area contributed by atoms with E-state index in [1.807, 2.05) is 43.3 Å². The van der Waals surface area contributed by atoms with E-state index in [1.54, 1.807) is 6.07 Å². The Morgan fingerprint density at radius 3 is 2.33 bits per heavy atom. The summed E-state index contributed by atoms with van der Waals surface area (Å²) in [6.07, 6.45) is 0. The van der Waals surface area contributed by atoms with E-state index in [2.05, 4.69) is 29.4 Å². The molecule has 4 nitrogen and oxygen atoms in total. The largest absolute Gasteiger partial charge is 0.376 e. The Kier molecular flexibility index (Phi) is 6.50. The normalized spacial score (nSPS) is 10.3. The van der Waals surface area contributed by atoms with Gasteiger partial charge < -0.3 is 15.5 Å². The van der Waals surface area contributed by atoms with Crippen molar-refractivity contribution in [1.29, 1.82) is 0 Å². The highest BCUT2D eigenvalue weighted by atomic mass is 35.5. The lowest BCUT2D eigenvalue weighted by atomic mass is 10.2. The number of hydrogen-bond donors (Lipinski definition) is 2. The van der Waals surface area contributed by atoms with Crippen LogP contribution in [0.4, 0.5) is 17.1 Å². The van der Waals surface area contributed by atoms with Crippen molar-refractivity contribution in [3.8, 4) is 0 Å². The van der Waals surface area contributed by atoms with Crippen LogP contribution >= 0.6 is 11.6 Å². The van der Waals surface area contributed by atoms with Gasteiger partial charge in [0, 0.05) is 35.2 Å². The molecule has 2 aromatic rings. The highest BCUT2D eigenvalue weighted by Gasteiger charge is 2.06. The van der Waals surface area contributed by atoms with Crippen LogP contribution in [0.15, 0.2) is 42.5 Å². The van der Waals surface area contributed by atoms with Crippen molar-refractivity contribution in [3.05, 3.63) is 53.1 Å². The molecule has 0 bridgehead atoms. The van der Waals surface area contributed by atoms with E-state index in [0.717, 1.165) is 35.7 Å². The Hall–Kier alpha value is -2.20. The second-order valence-electron chi connectivity index (χ2n) is 5.58. The van der Waals surface area contributed by atoms with E-state index < -0.39 is 0 Å². The third-order valence-corrected chi connectivity index (χ3v) is 4.14. The Balaban J connectivity index is 1.90. The monoisotopic (exact) mass is 345 g/mol. The maximum Gasteiger partial charge on any atom is 0.243 e. The van der Waals surface area contributed by atoms with Crippen LogP contribution in [0.3, 0.4) is 0 Å². The van der Waals surface area contributed by atoms with Gasteiger partial charge in [0.05, 0.1) is 6.54 Å². The molecule has 2 rings (SSSR count). The molecule has 0 saturated carbocycles. The number of nitrogens with one attached hydrogen (secondary N) is 2. The predicted octanol–water partition coefficient (Wildman–Crippen LogP) is 4.55. The first-order valence-electron chi connectivity index (χ1n) is 8.18. The summed E-state index contributed by atoms with van der Waals surface area (Å²) < 4.78 is 0. The molecule has 0 aliphatic rings. The van der Waals surface area contributed by atoms with Crippen molar-refractivity contribution in [2.45, 2.75) is 20.8 Å². The van der Waals surface area contributed by atoms with E-state index >= 15 is 0 Å². The summed E-state index contributed by atoms with van der Waals surface area (Å²) in [5.41, 5.74) is 3.88. The zero-order valence-corrected chi connectivity index (χ0v) is 15.2. The molecule has 0 aliphatic heterocycles. The molecule has 0 aliphatic carbocycles. The molecule has 2 aromatic carbocycles. The summed E-state index contributed by atoms with van der Waals surface area (Å²) in [6.45, 7) is 8.35. The van der Waals surface area contributed by atoms with E-state index in [0.29, 0.717) is 5.02 Å². The molecule has 2 N–H and O–H groups in total. The van der Waals surface area contributed by atoms with Crippen LogP contribution in [0.25, 0.3) is 0 Å². The second-order valence-corrected chi connectivity index (χ2v) is 6.02. The van der Waals surface area contributed by atoms with Crippen LogP contribution in [0.1, 0.15) is 19.4 Å². The maximum absolute atomic E-state index is 12.1. The Bertz CT molecular complexity index is 682. The third-order valence-electron chi connectivity index (χ3n) is 3.91. The SMILES string of the molecule is CCN(CC)c1ccc(NC(=O)CNc2ccc(Cl)cc2C)cc1. The van der Waals surface area contributed by atoms with E-state index in [4.69, 9.17) is 11.6 Å². The standard InChI is InChI=1S/C19H24ClN3O/c1-4-23(5-2)17-9-7-16(8-10-17)22-19(24)13-21-18-11-6-15(20)12-14(18)3/h6-12,21H,4-5,13H2,1-3H3,(H,22,24). The van der Waals surface area contributed by atoms with Crippen molar-refractivity contribution in [3.63, 3.8) is 0 Å². The number of hydrogen-bond acceptors (Lipinski definition) is 3. The van der Waals surface area contributed by atoms with Gasteiger partial charge in [0.15, 0.2) is 0 Å². The van der Waals surface area contributed by atoms with Gasteiger partial charge in [-0.3, -0.25) is 4.79 Å². The quantitative estimate of drug-likeness (QED) is 0.774. The maximum atomic E-state index is 12.1. The van der Waals surface area contributed by atoms with Crippen LogP contribution in [0.5, 0.6) is 0 Å². The molecular weight excluding hydrogens is 322 g/mol. The molecular formula is C19H24ClN3O. The average molecular weight is 346 g/mol. The summed E-state index contributed by atoms with van der Waals surface area (Å²) in [5.74, 6) is -0.0834. The lowest BCUT2D eigenvalue weighted by molar-refractivity contribution is -0.114. The van der Waals surface area contributed by atoms with Gasteiger partial charge in [-0.15, -0.1) is 0 Å². The Labute approximate surface area is 148 Å². The van der Waals surface area contributed by atoms with Gasteiger partial charge >= 0.3 is 0 Å². The minimum Gasteiger partial charge on any atom is -0.376 e. The van der Waals surface area contributed by atoms with Gasteiger partial charge in [-0.05, 0) is 68.8 Å². The van der Waals surface area contributed by atoms with Crippen LogP contribution in [-0.4, -0.2) is 25.5 Å². The van der Waals surface area contributed by atoms with Gasteiger partial charge in [0.1, 0.15) is 0 Å². The molecule has 0 unspecified atom stereocenters. The zero-order valence-electron chi connectivity index (χ0n) is 14.4. The lowest BCUT2D eigenvalue weighted by Gasteiger charge is -2.21. The van der Waals surface area contributed by atoms with Crippen molar-refractivity contribution >= 4 is 34.6 Å². The number of amides is 1. The van der Waals surface area contributed by atoms with Gasteiger partial charge in [-0.1, -0.05) is 11.6 Å². The van der Waals surface area contributed by atoms with E-state index in [1.165, 1.54) is 0 Å². The minimum atomic E-state index is -0.0834. The lowest BCUT2D eigenvalue weighted by Crippen LogP contribution is -2.23. The molecule has 0 radical (unpaired) electrons. The van der Waals surface area contributed by atoms with Crippen LogP contribution < -0.4 is 15.5 Å². The smallest absolute Gasteiger partial charge is 0.243 e. The fraction of sp³-hybridized carbons (Fsp3) is 0.316. The molecule has 0 saturated heterocycles. The summed E-state index contributed by atoms with van der Waals surface area (Å²) in [5, 5.41) is 6.72. The first-order chi connectivity index (χ1) is 11.5. The Morgan fingerprint density at radius 2 is 1.75 bits per heavy atom. The van der Waals surface area contributed by atoms with Gasteiger partial charge in [0.25, 0.3) is 0 Å². The molecule has 128 valence electrons. The van der Waals surface area contributed by atoms with Gasteiger partial charge in [-0.2, -0.15) is 0 Å². The highest BCUT2D eigenvalue weighted by molar-refractivity contribution is 6.30. The van der Waals surface area contributed by atoms with Crippen LogP contribution in [-0.2, 0) is 4.79 Å². The minimum absolute atomic E-state index is 0.0834. The number of benzene rings is 2. The summed E-state index contributed by atoms with van der Waals surface area (Å²) >= 11 is 5.93. The number of rotatable bonds is 7. The van der Waals surface area contributed by atoms with Crippen molar-refractivity contribution in [2.75, 3.05) is 35.2 Å². The van der Waals surface area contributed by atoms with E-state index in [-0.39, 0.29) is 12.5 Å².